The molecule has 2 amide bonds. The van der Waals surface area contributed by atoms with E-state index in [9.17, 15) is 4.79 Å². The fourth-order valence-electron chi connectivity index (χ4n) is 2.77. The number of hydrogen-bond donors (Lipinski definition) is 2. The zero-order valence-electron chi connectivity index (χ0n) is 15.7. The average molecular weight is 368 g/mol. The van der Waals surface area contributed by atoms with Gasteiger partial charge in [-0.2, -0.15) is 5.10 Å². The van der Waals surface area contributed by atoms with Crippen LogP contribution >= 0.6 is 0 Å². The van der Waals surface area contributed by atoms with Gasteiger partial charge in [-0.15, -0.1) is 0 Å². The molecule has 27 heavy (non-hydrogen) atoms. The van der Waals surface area contributed by atoms with Crippen LogP contribution in [0.1, 0.15) is 19.0 Å². The second-order valence-electron chi connectivity index (χ2n) is 6.24. The lowest BCUT2D eigenvalue weighted by Gasteiger charge is -2.18. The van der Waals surface area contributed by atoms with Crippen molar-refractivity contribution in [1.29, 1.82) is 0 Å². The minimum atomic E-state index is -0.267. The zero-order valence-corrected chi connectivity index (χ0v) is 15.7. The summed E-state index contributed by atoms with van der Waals surface area (Å²) in [6.07, 6.45) is 6.15. The predicted molar refractivity (Wildman–Crippen MR) is 103 cm³/mol. The maximum absolute atomic E-state index is 12.5. The molecule has 0 spiro atoms. The smallest absolute Gasteiger partial charge is 0.320 e. The highest BCUT2D eigenvalue weighted by molar-refractivity contribution is 5.89. The minimum Gasteiger partial charge on any atom is -0.497 e. The van der Waals surface area contributed by atoms with Crippen molar-refractivity contribution in [1.82, 2.24) is 24.6 Å². The first-order chi connectivity index (χ1) is 13.1. The molecule has 1 aromatic carbocycles. The van der Waals surface area contributed by atoms with Crippen LogP contribution in [0.15, 0.2) is 49.1 Å². The van der Waals surface area contributed by atoms with Gasteiger partial charge in [0.2, 0.25) is 0 Å². The van der Waals surface area contributed by atoms with E-state index in [4.69, 9.17) is 4.74 Å². The van der Waals surface area contributed by atoms with E-state index in [1.54, 1.807) is 24.3 Å². The van der Waals surface area contributed by atoms with Gasteiger partial charge in [0.15, 0.2) is 0 Å². The molecule has 0 aliphatic rings. The van der Waals surface area contributed by atoms with E-state index < -0.39 is 0 Å². The van der Waals surface area contributed by atoms with Gasteiger partial charge < -0.3 is 14.6 Å². The SMILES string of the molecule is CCC(Cn1ccnc1)NC(=O)Nc1cc(C)nn1-c1ccc(OC)cc1. The number of anilines is 1. The molecule has 8 nitrogen and oxygen atoms in total. The highest BCUT2D eigenvalue weighted by atomic mass is 16.5. The molecule has 3 rings (SSSR count). The van der Waals surface area contributed by atoms with Crippen molar-refractivity contribution in [2.45, 2.75) is 32.9 Å². The van der Waals surface area contributed by atoms with Gasteiger partial charge in [-0.3, -0.25) is 5.32 Å². The first kappa shape index (κ1) is 18.5. The Morgan fingerprint density at radius 2 is 2.07 bits per heavy atom. The first-order valence-electron chi connectivity index (χ1n) is 8.83. The number of rotatable bonds is 7. The molecule has 0 saturated heterocycles. The van der Waals surface area contributed by atoms with Crippen LogP contribution in [0.2, 0.25) is 0 Å². The Morgan fingerprint density at radius 1 is 1.30 bits per heavy atom. The van der Waals surface area contributed by atoms with Crippen LogP contribution in [0.3, 0.4) is 0 Å². The van der Waals surface area contributed by atoms with Crippen LogP contribution in [0.25, 0.3) is 5.69 Å². The fraction of sp³-hybridized carbons (Fsp3) is 0.316. The number of nitrogens with one attached hydrogen (secondary N) is 2. The normalized spacial score (nSPS) is 11.8. The van der Waals surface area contributed by atoms with Crippen molar-refractivity contribution in [2.75, 3.05) is 12.4 Å². The van der Waals surface area contributed by atoms with E-state index >= 15 is 0 Å². The van der Waals surface area contributed by atoms with Gasteiger partial charge in [-0.05, 0) is 37.6 Å². The third-order valence-electron chi connectivity index (χ3n) is 4.21. The lowest BCUT2D eigenvalue weighted by atomic mass is 10.2. The summed E-state index contributed by atoms with van der Waals surface area (Å²) < 4.78 is 8.83. The minimum absolute atomic E-state index is 0.00217. The Hall–Kier alpha value is -3.29. The average Bonchev–Trinajstić information content (AvgIpc) is 3.30. The summed E-state index contributed by atoms with van der Waals surface area (Å²) in [5.74, 6) is 1.37. The molecule has 1 atom stereocenters. The monoisotopic (exact) mass is 368 g/mol. The van der Waals surface area contributed by atoms with Crippen LogP contribution < -0.4 is 15.4 Å². The molecule has 142 valence electrons. The Kier molecular flexibility index (Phi) is 5.75. The highest BCUT2D eigenvalue weighted by Crippen LogP contribution is 2.20. The second kappa shape index (κ2) is 8.39. The second-order valence-corrected chi connectivity index (χ2v) is 6.24. The Bertz CT molecular complexity index is 870. The van der Waals surface area contributed by atoms with Crippen LogP contribution in [-0.2, 0) is 6.54 Å². The number of aryl methyl sites for hydroxylation is 1. The van der Waals surface area contributed by atoms with Crippen LogP contribution in [0.5, 0.6) is 5.75 Å². The molecule has 1 unspecified atom stereocenters. The van der Waals surface area contributed by atoms with E-state index in [2.05, 4.69) is 20.7 Å². The Labute approximate surface area is 158 Å². The van der Waals surface area contributed by atoms with Crippen LogP contribution in [0, 0.1) is 6.92 Å². The molecule has 8 heteroatoms. The summed E-state index contributed by atoms with van der Waals surface area (Å²) >= 11 is 0. The van der Waals surface area contributed by atoms with Crippen molar-refractivity contribution in [3.8, 4) is 11.4 Å². The van der Waals surface area contributed by atoms with E-state index in [0.29, 0.717) is 12.4 Å². The molecule has 2 heterocycles. The molecule has 0 aliphatic heterocycles. The van der Waals surface area contributed by atoms with Crippen LogP contribution in [-0.4, -0.2) is 38.5 Å². The quantitative estimate of drug-likeness (QED) is 0.671. The van der Waals surface area contributed by atoms with Gasteiger partial charge in [0, 0.05) is 31.0 Å². The molecule has 0 saturated carbocycles. The summed E-state index contributed by atoms with van der Waals surface area (Å²) in [4.78, 5) is 16.5. The van der Waals surface area contributed by atoms with E-state index in [1.165, 1.54) is 0 Å². The highest BCUT2D eigenvalue weighted by Gasteiger charge is 2.14. The number of carbonyl (C=O) groups is 1. The number of amides is 2. The Morgan fingerprint density at radius 3 is 2.70 bits per heavy atom. The molecule has 3 aromatic rings. The molecule has 0 bridgehead atoms. The molecule has 0 aliphatic carbocycles. The predicted octanol–water partition coefficient (Wildman–Crippen LogP) is 2.99. The largest absolute Gasteiger partial charge is 0.497 e. The molecule has 0 radical (unpaired) electrons. The number of ether oxygens (including phenoxy) is 1. The van der Waals surface area contributed by atoms with E-state index in [0.717, 1.165) is 23.6 Å². The number of benzene rings is 1. The number of nitrogens with zero attached hydrogens (tertiary/aromatic N) is 4. The van der Waals surface area contributed by atoms with Gasteiger partial charge in [0.05, 0.1) is 24.8 Å². The molecule has 0 fully saturated rings. The van der Waals surface area contributed by atoms with Crippen molar-refractivity contribution in [3.05, 3.63) is 54.7 Å². The lowest BCUT2D eigenvalue weighted by Crippen LogP contribution is -2.40. The summed E-state index contributed by atoms with van der Waals surface area (Å²) in [6.45, 7) is 4.59. The molecular weight excluding hydrogens is 344 g/mol. The van der Waals surface area contributed by atoms with Crippen molar-refractivity contribution < 1.29 is 9.53 Å². The summed E-state index contributed by atoms with van der Waals surface area (Å²) in [5, 5.41) is 10.4. The summed E-state index contributed by atoms with van der Waals surface area (Å²) in [6, 6.07) is 9.06. The van der Waals surface area contributed by atoms with Crippen molar-refractivity contribution in [3.63, 3.8) is 0 Å². The Balaban J connectivity index is 1.70. The maximum atomic E-state index is 12.5. The van der Waals surface area contributed by atoms with E-state index in [-0.39, 0.29) is 12.1 Å². The van der Waals surface area contributed by atoms with E-state index in [1.807, 2.05) is 54.9 Å². The number of urea groups is 1. The van der Waals surface area contributed by atoms with Gasteiger partial charge in [0.1, 0.15) is 11.6 Å². The van der Waals surface area contributed by atoms with Gasteiger partial charge in [0.25, 0.3) is 0 Å². The van der Waals surface area contributed by atoms with Crippen molar-refractivity contribution in [2.24, 2.45) is 0 Å². The number of imidazole rings is 1. The van der Waals surface area contributed by atoms with Gasteiger partial charge in [-0.1, -0.05) is 6.92 Å². The first-order valence-corrected chi connectivity index (χ1v) is 8.83. The van der Waals surface area contributed by atoms with Gasteiger partial charge in [-0.25, -0.2) is 14.5 Å². The standard InChI is InChI=1S/C19H24N6O2/c1-4-15(12-24-10-9-20-13-24)21-19(26)22-18-11-14(2)23-25(18)16-5-7-17(27-3)8-6-16/h5-11,13,15H,4,12H2,1-3H3,(H2,21,22,26). The number of aromatic nitrogens is 4. The molecule has 2 N–H and O–H groups in total. The molecular formula is C19H24N6O2. The van der Waals surface area contributed by atoms with Crippen molar-refractivity contribution >= 4 is 11.8 Å². The van der Waals surface area contributed by atoms with Gasteiger partial charge >= 0.3 is 6.03 Å². The summed E-state index contributed by atoms with van der Waals surface area (Å²) in [7, 11) is 1.62. The molecule has 2 aromatic heterocycles. The number of methoxy groups -OCH3 is 1. The summed E-state index contributed by atoms with van der Waals surface area (Å²) in [5.41, 5.74) is 1.65. The third kappa shape index (κ3) is 4.66. The van der Waals surface area contributed by atoms with Crippen LogP contribution in [0.4, 0.5) is 10.6 Å². The zero-order chi connectivity index (χ0) is 19.2. The lowest BCUT2D eigenvalue weighted by molar-refractivity contribution is 0.246. The maximum Gasteiger partial charge on any atom is 0.320 e. The number of hydrogen-bond acceptors (Lipinski definition) is 4. The topological polar surface area (TPSA) is 86.0 Å². The fourth-order valence-corrected chi connectivity index (χ4v) is 2.77. The third-order valence-corrected chi connectivity index (χ3v) is 4.21. The number of carbonyl (C=O) groups excluding carboxylic acids is 1.